The highest BCUT2D eigenvalue weighted by Crippen LogP contribution is 2.49. The van der Waals surface area contributed by atoms with Crippen LogP contribution < -0.4 is 5.32 Å². The lowest BCUT2D eigenvalue weighted by Crippen LogP contribution is -2.26. The molecule has 0 aliphatic heterocycles. The van der Waals surface area contributed by atoms with E-state index in [0.717, 1.165) is 24.2 Å². The second-order valence-corrected chi connectivity index (χ2v) is 5.49. The van der Waals surface area contributed by atoms with Gasteiger partial charge in [-0.1, -0.05) is 23.7 Å². The molecular formula is C13H16ClNOS. The molecule has 2 nitrogen and oxygen atoms in total. The molecular weight excluding hydrogens is 254 g/mol. The van der Waals surface area contributed by atoms with E-state index in [0.29, 0.717) is 18.0 Å². The maximum Gasteiger partial charge on any atom is 0.220 e. The molecule has 2 rings (SSSR count). The zero-order valence-electron chi connectivity index (χ0n) is 9.58. The molecule has 0 heterocycles. The molecule has 1 N–H and O–H groups in total. The Morgan fingerprint density at radius 1 is 1.35 bits per heavy atom. The van der Waals surface area contributed by atoms with Gasteiger partial charge in [0.05, 0.1) is 0 Å². The summed E-state index contributed by atoms with van der Waals surface area (Å²) in [6.07, 6.45) is 2.86. The molecule has 0 saturated heterocycles. The smallest absolute Gasteiger partial charge is 0.220 e. The lowest BCUT2D eigenvalue weighted by atomic mass is 10.1. The first kappa shape index (κ1) is 12.8. The Balaban J connectivity index is 1.78. The van der Waals surface area contributed by atoms with Crippen molar-refractivity contribution in [3.63, 3.8) is 0 Å². The molecule has 1 aromatic rings. The highest BCUT2D eigenvalue weighted by Gasteiger charge is 2.42. The van der Waals surface area contributed by atoms with Gasteiger partial charge < -0.3 is 5.32 Å². The Morgan fingerprint density at radius 3 is 2.53 bits per heavy atom. The van der Waals surface area contributed by atoms with Crippen molar-refractivity contribution in [3.8, 4) is 0 Å². The second kappa shape index (κ2) is 5.32. The number of hydrogen-bond acceptors (Lipinski definition) is 2. The van der Waals surface area contributed by atoms with Gasteiger partial charge in [-0.2, -0.15) is 12.6 Å². The highest BCUT2D eigenvalue weighted by atomic mass is 35.5. The van der Waals surface area contributed by atoms with E-state index in [1.54, 1.807) is 0 Å². The minimum absolute atomic E-state index is 0.117. The van der Waals surface area contributed by atoms with E-state index in [9.17, 15) is 4.79 Å². The summed E-state index contributed by atoms with van der Waals surface area (Å²) in [5, 5.41) is 3.65. The summed E-state index contributed by atoms with van der Waals surface area (Å²) in [6.45, 7) is 0.568. The van der Waals surface area contributed by atoms with Crippen LogP contribution in [0, 0.1) is 5.41 Å². The summed E-state index contributed by atoms with van der Waals surface area (Å²) in [5.41, 5.74) is 1.26. The third-order valence-electron chi connectivity index (χ3n) is 3.23. The molecule has 0 unspecified atom stereocenters. The van der Waals surface area contributed by atoms with E-state index in [-0.39, 0.29) is 11.3 Å². The summed E-state index contributed by atoms with van der Waals surface area (Å²) >= 11 is 10.1. The van der Waals surface area contributed by atoms with Crippen molar-refractivity contribution in [1.29, 1.82) is 0 Å². The molecule has 0 radical (unpaired) electrons. The number of carbonyl (C=O) groups is 1. The van der Waals surface area contributed by atoms with Crippen molar-refractivity contribution in [2.75, 3.05) is 5.75 Å². The quantitative estimate of drug-likeness (QED) is 0.791. The summed E-state index contributed by atoms with van der Waals surface area (Å²) in [5.74, 6) is 0.924. The number of hydrogen-bond donors (Lipinski definition) is 2. The number of nitrogens with one attached hydrogen (secondary N) is 1. The zero-order valence-corrected chi connectivity index (χ0v) is 11.2. The molecule has 1 fully saturated rings. The molecule has 1 saturated carbocycles. The van der Waals surface area contributed by atoms with Crippen LogP contribution in [0.5, 0.6) is 0 Å². The molecule has 0 aromatic heterocycles. The van der Waals surface area contributed by atoms with E-state index in [2.05, 4.69) is 17.9 Å². The van der Waals surface area contributed by atoms with Crippen LogP contribution in [0.4, 0.5) is 0 Å². The molecule has 1 aliphatic rings. The number of rotatable bonds is 5. The maximum atomic E-state index is 11.7. The Kier molecular flexibility index (Phi) is 4.00. The number of thiol groups is 1. The topological polar surface area (TPSA) is 29.1 Å². The van der Waals surface area contributed by atoms with Crippen LogP contribution in [0.1, 0.15) is 24.8 Å². The Hall–Kier alpha value is -0.670. The Bertz CT molecular complexity index is 400. The van der Waals surface area contributed by atoms with Gasteiger partial charge in [0.15, 0.2) is 0 Å². The van der Waals surface area contributed by atoms with Gasteiger partial charge in [-0.3, -0.25) is 4.79 Å². The summed E-state index contributed by atoms with van der Waals surface area (Å²) < 4.78 is 0. The summed E-state index contributed by atoms with van der Waals surface area (Å²) in [6, 6.07) is 7.51. The van der Waals surface area contributed by atoms with Gasteiger partial charge in [-0.25, -0.2) is 0 Å². The average Bonchev–Trinajstić information content (AvgIpc) is 3.09. The Labute approximate surface area is 112 Å². The SMILES string of the molecule is O=C(CC1(CS)CC1)NCc1ccc(Cl)cc1. The standard InChI is InChI=1S/C13H16ClNOS/c14-11-3-1-10(2-4-11)8-15-12(16)7-13(9-17)5-6-13/h1-4,17H,5-9H2,(H,15,16). The minimum atomic E-state index is 0.117. The fourth-order valence-corrected chi connectivity index (χ4v) is 2.33. The molecule has 92 valence electrons. The van der Waals surface area contributed by atoms with Crippen molar-refractivity contribution in [3.05, 3.63) is 34.9 Å². The van der Waals surface area contributed by atoms with Gasteiger partial charge >= 0.3 is 0 Å². The van der Waals surface area contributed by atoms with Gasteiger partial charge in [0.2, 0.25) is 5.91 Å². The first-order chi connectivity index (χ1) is 8.13. The molecule has 1 aromatic carbocycles. The number of carbonyl (C=O) groups excluding carboxylic acids is 1. The third-order valence-corrected chi connectivity index (χ3v) is 4.15. The fraction of sp³-hybridized carbons (Fsp3) is 0.462. The molecule has 17 heavy (non-hydrogen) atoms. The van der Waals surface area contributed by atoms with Crippen molar-refractivity contribution in [2.45, 2.75) is 25.8 Å². The number of amides is 1. The first-order valence-corrected chi connectivity index (χ1v) is 6.77. The van der Waals surface area contributed by atoms with E-state index < -0.39 is 0 Å². The molecule has 4 heteroatoms. The van der Waals surface area contributed by atoms with Gasteiger partial charge in [-0.15, -0.1) is 0 Å². The summed E-state index contributed by atoms with van der Waals surface area (Å²) in [4.78, 5) is 11.7. The predicted molar refractivity (Wildman–Crippen MR) is 73.4 cm³/mol. The van der Waals surface area contributed by atoms with E-state index in [1.807, 2.05) is 24.3 Å². The first-order valence-electron chi connectivity index (χ1n) is 5.76. The van der Waals surface area contributed by atoms with Gasteiger partial charge in [0.25, 0.3) is 0 Å². The lowest BCUT2D eigenvalue weighted by molar-refractivity contribution is -0.122. The van der Waals surface area contributed by atoms with E-state index >= 15 is 0 Å². The van der Waals surface area contributed by atoms with E-state index in [1.165, 1.54) is 0 Å². The lowest BCUT2D eigenvalue weighted by Gasteiger charge is -2.11. The van der Waals surface area contributed by atoms with Crippen molar-refractivity contribution < 1.29 is 4.79 Å². The fourth-order valence-electron chi connectivity index (χ4n) is 1.77. The normalized spacial score (nSPS) is 16.6. The zero-order chi connectivity index (χ0) is 12.3. The van der Waals surface area contributed by atoms with E-state index in [4.69, 9.17) is 11.6 Å². The molecule has 1 amide bonds. The monoisotopic (exact) mass is 269 g/mol. The number of halogens is 1. The highest BCUT2D eigenvalue weighted by molar-refractivity contribution is 7.80. The van der Waals surface area contributed by atoms with Gasteiger partial charge in [0, 0.05) is 18.0 Å². The van der Waals surface area contributed by atoms with Crippen LogP contribution in [0.15, 0.2) is 24.3 Å². The Morgan fingerprint density at radius 2 is 2.00 bits per heavy atom. The molecule has 0 spiro atoms. The molecule has 0 atom stereocenters. The van der Waals surface area contributed by atoms with Crippen LogP contribution in [0.2, 0.25) is 5.02 Å². The third kappa shape index (κ3) is 3.65. The predicted octanol–water partition coefficient (Wildman–Crippen LogP) is 3.06. The van der Waals surface area contributed by atoms with Crippen LogP contribution >= 0.6 is 24.2 Å². The molecule has 1 aliphatic carbocycles. The van der Waals surface area contributed by atoms with Crippen molar-refractivity contribution >= 4 is 30.1 Å². The number of benzene rings is 1. The maximum absolute atomic E-state index is 11.7. The van der Waals surface area contributed by atoms with Crippen LogP contribution in [-0.2, 0) is 11.3 Å². The van der Waals surface area contributed by atoms with Crippen molar-refractivity contribution in [2.24, 2.45) is 5.41 Å². The van der Waals surface area contributed by atoms with Gasteiger partial charge in [-0.05, 0) is 41.7 Å². The summed E-state index contributed by atoms with van der Waals surface area (Å²) in [7, 11) is 0. The minimum Gasteiger partial charge on any atom is -0.352 e. The van der Waals surface area contributed by atoms with Crippen LogP contribution in [0.3, 0.4) is 0 Å². The molecule has 0 bridgehead atoms. The average molecular weight is 270 g/mol. The second-order valence-electron chi connectivity index (χ2n) is 4.74. The van der Waals surface area contributed by atoms with Crippen LogP contribution in [-0.4, -0.2) is 11.7 Å². The van der Waals surface area contributed by atoms with Gasteiger partial charge in [0.1, 0.15) is 0 Å². The largest absolute Gasteiger partial charge is 0.352 e. The van der Waals surface area contributed by atoms with Crippen molar-refractivity contribution in [1.82, 2.24) is 5.32 Å². The van der Waals surface area contributed by atoms with Crippen LogP contribution in [0.25, 0.3) is 0 Å².